The second-order valence-corrected chi connectivity index (χ2v) is 15.3. The molecule has 0 saturated carbocycles. The zero-order valence-electron chi connectivity index (χ0n) is 20.5. The molecule has 0 unspecified atom stereocenters. The molecule has 0 aliphatic rings. The van der Waals surface area contributed by atoms with E-state index in [1.807, 2.05) is 24.3 Å². The summed E-state index contributed by atoms with van der Waals surface area (Å²) in [6.07, 6.45) is -4.32. The molecule has 5 aromatic rings. The average Bonchev–Trinajstić information content (AvgIpc) is 2.87. The first-order valence-corrected chi connectivity index (χ1v) is 15.5. The van der Waals surface area contributed by atoms with Crippen molar-refractivity contribution < 1.29 is 13.2 Å². The molecule has 4 heteroatoms. The van der Waals surface area contributed by atoms with E-state index in [0.29, 0.717) is 0 Å². The van der Waals surface area contributed by atoms with Crippen molar-refractivity contribution in [2.75, 3.05) is 0 Å². The smallest absolute Gasteiger partial charge is 0.166 e. The van der Waals surface area contributed by atoms with Crippen molar-refractivity contribution in [3.63, 3.8) is 0 Å². The average molecular weight is 497 g/mol. The lowest BCUT2D eigenvalue weighted by molar-refractivity contribution is -0.137. The van der Waals surface area contributed by atoms with Crippen LogP contribution in [0.5, 0.6) is 0 Å². The highest BCUT2D eigenvalue weighted by molar-refractivity contribution is 6.88. The van der Waals surface area contributed by atoms with Gasteiger partial charge in [-0.25, -0.2) is 0 Å². The first kappa shape index (κ1) is 24.1. The fraction of sp³-hybridized carbons (Fsp3) is 0.125. The summed E-state index contributed by atoms with van der Waals surface area (Å²) in [6, 6.07) is 35.2. The van der Waals surface area contributed by atoms with Crippen molar-refractivity contribution in [3.05, 3.63) is 115 Å². The van der Waals surface area contributed by atoms with Crippen molar-refractivity contribution in [2.45, 2.75) is 25.8 Å². The number of hydrogen-bond donors (Lipinski definition) is 0. The molecule has 0 saturated heterocycles. The van der Waals surface area contributed by atoms with E-state index in [1.54, 1.807) is 0 Å². The van der Waals surface area contributed by atoms with E-state index < -0.39 is 19.8 Å². The minimum absolute atomic E-state index is 0.634. The molecule has 180 valence electrons. The third-order valence-corrected chi connectivity index (χ3v) is 8.75. The Labute approximate surface area is 211 Å². The number of hydrogen-bond acceptors (Lipinski definition) is 0. The van der Waals surface area contributed by atoms with Gasteiger partial charge in [-0.15, -0.1) is 0 Å². The molecular formula is C32H27F3Si. The molecule has 0 aliphatic heterocycles. The van der Waals surface area contributed by atoms with Crippen molar-refractivity contribution >= 4 is 24.0 Å². The highest BCUT2D eigenvalue weighted by Gasteiger charge is 2.29. The van der Waals surface area contributed by atoms with Gasteiger partial charge in [-0.05, 0) is 68.4 Å². The zero-order chi connectivity index (χ0) is 25.5. The van der Waals surface area contributed by atoms with E-state index >= 15 is 0 Å². The van der Waals surface area contributed by atoms with Crippen LogP contribution < -0.4 is 5.19 Å². The van der Waals surface area contributed by atoms with Gasteiger partial charge in [0, 0.05) is 0 Å². The minimum Gasteiger partial charge on any atom is -0.166 e. The van der Waals surface area contributed by atoms with Crippen LogP contribution in [-0.4, -0.2) is 8.07 Å². The largest absolute Gasteiger partial charge is 0.416 e. The summed E-state index contributed by atoms with van der Waals surface area (Å²) in [7, 11) is -1.33. The van der Waals surface area contributed by atoms with E-state index in [4.69, 9.17) is 0 Å². The number of fused-ring (bicyclic) bond motifs is 1. The normalized spacial score (nSPS) is 12.2. The molecule has 0 bridgehead atoms. The zero-order valence-corrected chi connectivity index (χ0v) is 21.5. The van der Waals surface area contributed by atoms with Gasteiger partial charge in [0.15, 0.2) is 0 Å². The summed E-state index contributed by atoms with van der Waals surface area (Å²) in [5.74, 6) is 0. The predicted molar refractivity (Wildman–Crippen MR) is 148 cm³/mol. The third-order valence-electron chi connectivity index (χ3n) is 6.69. The molecule has 0 aliphatic carbocycles. The fourth-order valence-corrected chi connectivity index (χ4v) is 5.64. The van der Waals surface area contributed by atoms with Crippen LogP contribution in [0.1, 0.15) is 5.56 Å². The monoisotopic (exact) mass is 496 g/mol. The summed E-state index contributed by atoms with van der Waals surface area (Å²) in [4.78, 5) is 0. The van der Waals surface area contributed by atoms with Gasteiger partial charge in [0.1, 0.15) is 0 Å². The molecule has 0 heterocycles. The van der Waals surface area contributed by atoms with Crippen molar-refractivity contribution in [1.29, 1.82) is 0 Å². The summed E-state index contributed by atoms with van der Waals surface area (Å²) in [5.41, 5.74) is 5.59. The van der Waals surface area contributed by atoms with Crippen LogP contribution in [0, 0.1) is 0 Å². The lowest BCUT2D eigenvalue weighted by atomic mass is 9.96. The Morgan fingerprint density at radius 3 is 1.22 bits per heavy atom. The van der Waals surface area contributed by atoms with Crippen LogP contribution in [0.3, 0.4) is 0 Å². The van der Waals surface area contributed by atoms with Crippen LogP contribution in [0.2, 0.25) is 19.6 Å². The van der Waals surface area contributed by atoms with Gasteiger partial charge < -0.3 is 0 Å². The molecule has 0 radical (unpaired) electrons. The Morgan fingerprint density at radius 1 is 0.444 bits per heavy atom. The Balaban J connectivity index is 1.42. The molecule has 0 nitrogen and oxygen atoms in total. The molecular weight excluding hydrogens is 469 g/mol. The van der Waals surface area contributed by atoms with Crippen LogP contribution in [0.25, 0.3) is 44.2 Å². The number of rotatable bonds is 4. The van der Waals surface area contributed by atoms with Crippen LogP contribution in [0.4, 0.5) is 13.2 Å². The maximum absolute atomic E-state index is 12.9. The van der Waals surface area contributed by atoms with Crippen molar-refractivity contribution in [3.8, 4) is 33.4 Å². The summed E-state index contributed by atoms with van der Waals surface area (Å²) in [5, 5.41) is 3.81. The number of halogens is 3. The van der Waals surface area contributed by atoms with Crippen molar-refractivity contribution in [1.82, 2.24) is 0 Å². The molecule has 0 aromatic heterocycles. The maximum atomic E-state index is 12.9. The standard InChI is InChI=1S/C32H27F3Si/c1-36(2,3)31-18-14-25(15-19-31)28-11-9-26-8-10-27(20-29(26)21-28)24-6-4-22(5-7-24)23-12-16-30(17-13-23)32(33,34)35/h4-21H,1-3H3. The topological polar surface area (TPSA) is 0 Å². The van der Waals surface area contributed by atoms with Gasteiger partial charge >= 0.3 is 6.18 Å². The molecule has 0 atom stereocenters. The molecule has 0 spiro atoms. The summed E-state index contributed by atoms with van der Waals surface area (Å²) in [6.45, 7) is 7.07. The van der Waals surface area contributed by atoms with Gasteiger partial charge in [-0.1, -0.05) is 110 Å². The summed E-state index contributed by atoms with van der Waals surface area (Å²) >= 11 is 0. The van der Waals surface area contributed by atoms with Gasteiger partial charge in [0.05, 0.1) is 13.6 Å². The minimum atomic E-state index is -4.32. The second kappa shape index (κ2) is 9.10. The fourth-order valence-electron chi connectivity index (χ4n) is 4.48. The van der Waals surface area contributed by atoms with Gasteiger partial charge in [0.2, 0.25) is 0 Å². The van der Waals surface area contributed by atoms with Crippen LogP contribution in [0.15, 0.2) is 109 Å². The van der Waals surface area contributed by atoms with E-state index in [-0.39, 0.29) is 0 Å². The molecule has 5 rings (SSSR count). The molecule has 5 aromatic carbocycles. The third kappa shape index (κ3) is 5.00. The van der Waals surface area contributed by atoms with E-state index in [9.17, 15) is 13.2 Å². The van der Waals surface area contributed by atoms with Gasteiger partial charge in [-0.3, -0.25) is 0 Å². The van der Waals surface area contributed by atoms with E-state index in [0.717, 1.165) is 34.4 Å². The Kier molecular flexibility index (Phi) is 6.09. The van der Waals surface area contributed by atoms with Crippen LogP contribution in [-0.2, 0) is 6.18 Å². The lowest BCUT2D eigenvalue weighted by Crippen LogP contribution is -2.37. The van der Waals surface area contributed by atoms with E-state index in [1.165, 1.54) is 39.2 Å². The Hall–Kier alpha value is -3.63. The van der Waals surface area contributed by atoms with Gasteiger partial charge in [-0.2, -0.15) is 13.2 Å². The SMILES string of the molecule is C[Si](C)(C)c1ccc(-c2ccc3ccc(-c4ccc(-c5ccc(C(F)(F)F)cc5)cc4)cc3c2)cc1. The maximum Gasteiger partial charge on any atom is 0.416 e. The van der Waals surface area contributed by atoms with E-state index in [2.05, 4.69) is 80.3 Å². The molecule has 0 N–H and O–H groups in total. The first-order valence-electron chi connectivity index (χ1n) is 12.0. The quantitative estimate of drug-likeness (QED) is 0.217. The summed E-state index contributed by atoms with van der Waals surface area (Å²) < 4.78 is 38.6. The highest BCUT2D eigenvalue weighted by atomic mass is 28.3. The lowest BCUT2D eigenvalue weighted by Gasteiger charge is -2.17. The molecule has 36 heavy (non-hydrogen) atoms. The Bertz CT molecular complexity index is 1510. The molecule has 0 fully saturated rings. The number of benzene rings is 5. The Morgan fingerprint density at radius 2 is 0.806 bits per heavy atom. The second-order valence-electron chi connectivity index (χ2n) is 10.3. The van der Waals surface area contributed by atoms with Crippen molar-refractivity contribution in [2.24, 2.45) is 0 Å². The molecule has 0 amide bonds. The highest BCUT2D eigenvalue weighted by Crippen LogP contribution is 2.33. The first-order chi connectivity index (χ1) is 17.1. The van der Waals surface area contributed by atoms with Crippen LogP contribution >= 0.6 is 0 Å². The number of alkyl halides is 3. The predicted octanol–water partition coefficient (Wildman–Crippen LogP) is 9.40. The van der Waals surface area contributed by atoms with Gasteiger partial charge in [0.25, 0.3) is 0 Å².